The Morgan fingerprint density at radius 3 is 2.11 bits per heavy atom. The normalized spacial score (nSPS) is 57.9. The van der Waals surface area contributed by atoms with Crippen molar-refractivity contribution in [3.05, 3.63) is 0 Å². The molecule has 0 aromatic heterocycles. The van der Waals surface area contributed by atoms with Gasteiger partial charge in [0.25, 0.3) is 0 Å². The zero-order valence-electron chi connectivity index (χ0n) is 23.1. The van der Waals surface area contributed by atoms with E-state index in [4.69, 9.17) is 0 Å². The fourth-order valence-corrected chi connectivity index (χ4v) is 11.9. The van der Waals surface area contributed by atoms with Gasteiger partial charge in [-0.3, -0.25) is 4.79 Å². The highest BCUT2D eigenvalue weighted by atomic mass is 16.4. The van der Waals surface area contributed by atoms with E-state index in [1.165, 1.54) is 0 Å². The number of aliphatic hydroxyl groups is 3. The van der Waals surface area contributed by atoms with Gasteiger partial charge in [0.05, 0.1) is 24.2 Å². The van der Waals surface area contributed by atoms with Crippen LogP contribution in [0.3, 0.4) is 0 Å². The molecule has 4 N–H and O–H groups in total. The van der Waals surface area contributed by atoms with E-state index < -0.39 is 30.2 Å². The van der Waals surface area contributed by atoms with Crippen molar-refractivity contribution in [2.75, 3.05) is 0 Å². The third kappa shape index (κ3) is 3.07. The van der Waals surface area contributed by atoms with Gasteiger partial charge >= 0.3 is 5.97 Å². The average Bonchev–Trinajstić information content (AvgIpc) is 3.03. The SMILES string of the molecule is CC(C(=O)O)[C@@H]1C[C@H](O)[C@]2(C)CC[C@]3(C)[C@H](CC[C@@H]4[C@@]5(C)C[C@H](O)[C@H](O)C(C)(C)[C@@H]5CC[C@]43C)[C@@H]12. The first-order chi connectivity index (χ1) is 16.1. The molecule has 5 saturated carbocycles. The summed E-state index contributed by atoms with van der Waals surface area (Å²) in [5.41, 5.74) is -0.345. The summed E-state index contributed by atoms with van der Waals surface area (Å²) in [4.78, 5) is 12.1. The van der Waals surface area contributed by atoms with E-state index in [2.05, 4.69) is 41.5 Å². The molecule has 0 amide bonds. The van der Waals surface area contributed by atoms with Crippen LogP contribution in [0.5, 0.6) is 0 Å². The fraction of sp³-hybridized carbons (Fsp3) is 0.967. The van der Waals surface area contributed by atoms with E-state index in [9.17, 15) is 25.2 Å². The number of hydrogen-bond donors (Lipinski definition) is 4. The van der Waals surface area contributed by atoms with E-state index in [0.29, 0.717) is 30.6 Å². The molecule has 0 saturated heterocycles. The van der Waals surface area contributed by atoms with Crippen molar-refractivity contribution in [3.63, 3.8) is 0 Å². The lowest BCUT2D eigenvalue weighted by Crippen LogP contribution is -2.68. The second-order valence-electron chi connectivity index (χ2n) is 15.3. The van der Waals surface area contributed by atoms with Crippen LogP contribution in [-0.4, -0.2) is 44.7 Å². The number of aliphatic carboxylic acids is 1. The highest BCUT2D eigenvalue weighted by molar-refractivity contribution is 5.70. The van der Waals surface area contributed by atoms with Gasteiger partial charge in [-0.2, -0.15) is 0 Å². The molecule has 5 aliphatic carbocycles. The maximum Gasteiger partial charge on any atom is 0.306 e. The molecule has 0 aliphatic heterocycles. The quantitative estimate of drug-likeness (QED) is 0.431. The van der Waals surface area contributed by atoms with Crippen molar-refractivity contribution in [2.45, 2.75) is 118 Å². The molecule has 5 fully saturated rings. The topological polar surface area (TPSA) is 98.0 Å². The molecule has 13 atom stereocenters. The number of hydrogen-bond acceptors (Lipinski definition) is 4. The third-order valence-electron chi connectivity index (χ3n) is 14.0. The third-order valence-corrected chi connectivity index (χ3v) is 14.0. The van der Waals surface area contributed by atoms with Gasteiger partial charge in [-0.25, -0.2) is 0 Å². The lowest BCUT2D eigenvalue weighted by atomic mass is 9.32. The summed E-state index contributed by atoms with van der Waals surface area (Å²) in [6.45, 7) is 15.8. The van der Waals surface area contributed by atoms with Crippen molar-refractivity contribution in [1.29, 1.82) is 0 Å². The van der Waals surface area contributed by atoms with Gasteiger partial charge in [0.15, 0.2) is 0 Å². The lowest BCUT2D eigenvalue weighted by Gasteiger charge is -2.73. The number of fused-ring (bicyclic) bond motifs is 7. The standard InChI is InChI=1S/C30H50O5/c1-16(25(34)35)17-14-22(32)27(4)12-13-29(6)18(23(17)27)8-9-21-28(5)15-19(31)24(33)26(2,3)20(28)10-11-30(21,29)7/h16-24,31-33H,8-15H2,1-7H3,(H,34,35)/t16?,17-,18+,19-,20-,21+,22-,23+,24-,27-,28-,29+,30+/m0/s1. The molecule has 5 nitrogen and oxygen atoms in total. The zero-order chi connectivity index (χ0) is 25.9. The van der Waals surface area contributed by atoms with Crippen LogP contribution in [0.1, 0.15) is 99.8 Å². The van der Waals surface area contributed by atoms with Crippen LogP contribution >= 0.6 is 0 Å². The molecule has 35 heavy (non-hydrogen) atoms. The Labute approximate surface area is 212 Å². The predicted octanol–water partition coefficient (Wildman–Crippen LogP) is 5.11. The largest absolute Gasteiger partial charge is 0.481 e. The number of carbonyl (C=O) groups is 1. The van der Waals surface area contributed by atoms with Crippen LogP contribution in [0.25, 0.3) is 0 Å². The summed E-state index contributed by atoms with van der Waals surface area (Å²) >= 11 is 0. The molecule has 5 aliphatic rings. The molecule has 5 heteroatoms. The minimum atomic E-state index is -0.733. The van der Waals surface area contributed by atoms with E-state index in [1.807, 2.05) is 6.92 Å². The summed E-state index contributed by atoms with van der Waals surface area (Å²) in [5, 5.41) is 43.1. The Bertz CT molecular complexity index is 886. The monoisotopic (exact) mass is 490 g/mol. The van der Waals surface area contributed by atoms with Gasteiger partial charge in [0.1, 0.15) is 0 Å². The van der Waals surface area contributed by atoms with Crippen molar-refractivity contribution in [3.8, 4) is 0 Å². The first kappa shape index (κ1) is 26.0. The van der Waals surface area contributed by atoms with Crippen LogP contribution in [0.2, 0.25) is 0 Å². The minimum Gasteiger partial charge on any atom is -0.481 e. The molecule has 0 aromatic rings. The smallest absolute Gasteiger partial charge is 0.306 e. The van der Waals surface area contributed by atoms with Gasteiger partial charge in [-0.15, -0.1) is 0 Å². The Hall–Kier alpha value is -0.650. The lowest BCUT2D eigenvalue weighted by molar-refractivity contribution is -0.265. The maximum atomic E-state index is 12.1. The molecule has 0 radical (unpaired) electrons. The summed E-state index contributed by atoms with van der Waals surface area (Å²) < 4.78 is 0. The molecule has 5 rings (SSSR count). The van der Waals surface area contributed by atoms with E-state index >= 15 is 0 Å². The van der Waals surface area contributed by atoms with Crippen LogP contribution in [0, 0.1) is 62.6 Å². The first-order valence-corrected chi connectivity index (χ1v) is 14.3. The van der Waals surface area contributed by atoms with E-state index in [-0.39, 0.29) is 38.9 Å². The number of aliphatic hydroxyl groups excluding tert-OH is 3. The van der Waals surface area contributed by atoms with Crippen molar-refractivity contribution in [1.82, 2.24) is 0 Å². The average molecular weight is 491 g/mol. The summed E-state index contributed by atoms with van der Waals surface area (Å²) in [7, 11) is 0. The zero-order valence-corrected chi connectivity index (χ0v) is 23.1. The van der Waals surface area contributed by atoms with Gasteiger partial charge in [0, 0.05) is 0 Å². The Balaban J connectivity index is 1.55. The second-order valence-corrected chi connectivity index (χ2v) is 15.3. The van der Waals surface area contributed by atoms with Crippen LogP contribution in [0.4, 0.5) is 0 Å². The summed E-state index contributed by atoms with van der Waals surface area (Å²) in [6.07, 6.45) is 5.92. The number of carboxylic acids is 1. The first-order valence-electron chi connectivity index (χ1n) is 14.3. The van der Waals surface area contributed by atoms with Gasteiger partial charge < -0.3 is 20.4 Å². The number of rotatable bonds is 2. The van der Waals surface area contributed by atoms with Crippen molar-refractivity contribution < 1.29 is 25.2 Å². The van der Waals surface area contributed by atoms with Crippen LogP contribution < -0.4 is 0 Å². The maximum absolute atomic E-state index is 12.1. The molecule has 1 unspecified atom stereocenters. The Kier molecular flexibility index (Phi) is 5.71. The molecule has 0 heterocycles. The highest BCUT2D eigenvalue weighted by Crippen LogP contribution is 2.77. The minimum absolute atomic E-state index is 0.0210. The molecular formula is C30H50O5. The number of carboxylic acid groups (broad SMARTS) is 1. The molecule has 0 spiro atoms. The van der Waals surface area contributed by atoms with Crippen molar-refractivity contribution in [2.24, 2.45) is 62.6 Å². The van der Waals surface area contributed by atoms with Gasteiger partial charge in [-0.1, -0.05) is 48.5 Å². The summed E-state index contributed by atoms with van der Waals surface area (Å²) in [5.74, 6) is 0.363. The van der Waals surface area contributed by atoms with E-state index in [1.54, 1.807) is 0 Å². The molecule has 0 aromatic carbocycles. The van der Waals surface area contributed by atoms with Gasteiger partial charge in [-0.05, 0) is 108 Å². The van der Waals surface area contributed by atoms with Crippen molar-refractivity contribution >= 4 is 5.97 Å². The van der Waals surface area contributed by atoms with E-state index in [0.717, 1.165) is 38.5 Å². The highest BCUT2D eigenvalue weighted by Gasteiger charge is 2.72. The predicted molar refractivity (Wildman–Crippen MR) is 135 cm³/mol. The molecule has 200 valence electrons. The molecule has 0 bridgehead atoms. The van der Waals surface area contributed by atoms with Gasteiger partial charge in [0.2, 0.25) is 0 Å². The second kappa shape index (κ2) is 7.69. The summed E-state index contributed by atoms with van der Waals surface area (Å²) in [6, 6.07) is 0. The van der Waals surface area contributed by atoms with Crippen LogP contribution in [0.15, 0.2) is 0 Å². The molecular weight excluding hydrogens is 440 g/mol. The van der Waals surface area contributed by atoms with Crippen LogP contribution in [-0.2, 0) is 4.79 Å². The fourth-order valence-electron chi connectivity index (χ4n) is 11.9. The Morgan fingerprint density at radius 2 is 1.49 bits per heavy atom. The Morgan fingerprint density at radius 1 is 0.829 bits per heavy atom.